The van der Waals surface area contributed by atoms with E-state index in [9.17, 15) is 14.0 Å². The van der Waals surface area contributed by atoms with Crippen molar-refractivity contribution in [3.05, 3.63) is 52.6 Å². The van der Waals surface area contributed by atoms with E-state index < -0.39 is 0 Å². The fourth-order valence-corrected chi connectivity index (χ4v) is 4.15. The monoisotopic (exact) mass is 428 g/mol. The van der Waals surface area contributed by atoms with E-state index in [2.05, 4.69) is 35.9 Å². The van der Waals surface area contributed by atoms with Gasteiger partial charge in [0.25, 0.3) is 5.91 Å². The van der Waals surface area contributed by atoms with Crippen LogP contribution in [0.3, 0.4) is 0 Å². The molecule has 31 heavy (non-hydrogen) atoms. The number of hydrogen-bond donors (Lipinski definition) is 1. The normalized spacial score (nSPS) is 14.8. The molecule has 1 aliphatic rings. The zero-order valence-corrected chi connectivity index (χ0v) is 18.9. The number of likely N-dealkylation sites (tertiary alicyclic amines) is 1. The Balaban J connectivity index is 1.47. The fraction of sp³-hybridized carbons (Fsp3) is 0.542. The van der Waals surface area contributed by atoms with Crippen molar-refractivity contribution in [3.63, 3.8) is 0 Å². The van der Waals surface area contributed by atoms with Gasteiger partial charge in [0.1, 0.15) is 5.82 Å². The van der Waals surface area contributed by atoms with Crippen molar-refractivity contribution in [3.8, 4) is 0 Å². The van der Waals surface area contributed by atoms with Crippen molar-refractivity contribution in [2.24, 2.45) is 5.92 Å². The van der Waals surface area contributed by atoms with Gasteiger partial charge in [0.05, 0.1) is 5.69 Å². The summed E-state index contributed by atoms with van der Waals surface area (Å²) in [4.78, 5) is 26.9. The summed E-state index contributed by atoms with van der Waals surface area (Å²) in [5.41, 5.74) is 3.79. The largest absolute Gasteiger partial charge is 0.349 e. The molecular formula is C24H33FN4O2. The van der Waals surface area contributed by atoms with Crippen molar-refractivity contribution in [2.75, 3.05) is 13.1 Å². The van der Waals surface area contributed by atoms with E-state index in [0.29, 0.717) is 37.4 Å². The van der Waals surface area contributed by atoms with Crippen LogP contribution in [-0.2, 0) is 17.8 Å². The Bertz CT molecular complexity index is 912. The van der Waals surface area contributed by atoms with Gasteiger partial charge in [0, 0.05) is 43.4 Å². The first-order chi connectivity index (χ1) is 14.7. The number of aromatic nitrogens is 2. The van der Waals surface area contributed by atoms with Crippen LogP contribution < -0.4 is 5.32 Å². The van der Waals surface area contributed by atoms with Crippen molar-refractivity contribution in [1.29, 1.82) is 0 Å². The lowest BCUT2D eigenvalue weighted by atomic mass is 10.0. The molecule has 1 N–H and O–H groups in total. The highest BCUT2D eigenvalue weighted by atomic mass is 19.1. The Kier molecular flexibility index (Phi) is 7.46. The van der Waals surface area contributed by atoms with Crippen molar-refractivity contribution in [2.45, 2.75) is 66.0 Å². The van der Waals surface area contributed by atoms with Gasteiger partial charge in [-0.2, -0.15) is 5.10 Å². The zero-order valence-electron chi connectivity index (χ0n) is 18.9. The molecule has 1 aromatic heterocycles. The van der Waals surface area contributed by atoms with Crippen LogP contribution in [0.15, 0.2) is 24.3 Å². The third-order valence-electron chi connectivity index (χ3n) is 5.95. The quantitative estimate of drug-likeness (QED) is 0.732. The first-order valence-corrected chi connectivity index (χ1v) is 11.1. The number of carbonyl (C=O) groups excluding carboxylic acids is 2. The van der Waals surface area contributed by atoms with Crippen LogP contribution in [-0.4, -0.2) is 45.6 Å². The average Bonchev–Trinajstić information content (AvgIpc) is 2.99. The van der Waals surface area contributed by atoms with Crippen molar-refractivity contribution >= 4 is 11.8 Å². The predicted octanol–water partition coefficient (Wildman–Crippen LogP) is 3.65. The maximum Gasteiger partial charge on any atom is 0.251 e. The number of benzene rings is 1. The Hall–Kier alpha value is -2.70. The number of amides is 2. The minimum atomic E-state index is -0.360. The summed E-state index contributed by atoms with van der Waals surface area (Å²) in [6, 6.07) is 5.56. The van der Waals surface area contributed by atoms with E-state index in [0.717, 1.165) is 30.8 Å². The van der Waals surface area contributed by atoms with Gasteiger partial charge in [-0.25, -0.2) is 4.39 Å². The first kappa shape index (κ1) is 23.0. The van der Waals surface area contributed by atoms with Crippen molar-refractivity contribution < 1.29 is 14.0 Å². The molecule has 0 radical (unpaired) electrons. The van der Waals surface area contributed by atoms with Gasteiger partial charge in [-0.15, -0.1) is 0 Å². The Morgan fingerprint density at radius 3 is 2.42 bits per heavy atom. The van der Waals surface area contributed by atoms with Crippen LogP contribution in [0.4, 0.5) is 4.39 Å². The highest BCUT2D eigenvalue weighted by Crippen LogP contribution is 2.18. The van der Waals surface area contributed by atoms with E-state index in [-0.39, 0.29) is 23.7 Å². The first-order valence-electron chi connectivity index (χ1n) is 11.1. The molecule has 0 spiro atoms. The van der Waals surface area contributed by atoms with Crippen LogP contribution in [0.25, 0.3) is 0 Å². The summed E-state index contributed by atoms with van der Waals surface area (Å²) in [5.74, 6) is 0.117. The standard InChI is InChI=1S/C24H33FN4O2/c1-16(2)15-29-18(4)22(17(3)27-29)9-10-23(30)28-13-11-21(12-14-28)26-24(31)19-5-7-20(25)8-6-19/h5-8,16,21H,9-15H2,1-4H3,(H,26,31). The average molecular weight is 429 g/mol. The number of piperidine rings is 1. The van der Waals surface area contributed by atoms with Gasteiger partial charge in [-0.05, 0) is 68.9 Å². The minimum absolute atomic E-state index is 0.0281. The highest BCUT2D eigenvalue weighted by molar-refractivity contribution is 5.94. The molecule has 3 rings (SSSR count). The minimum Gasteiger partial charge on any atom is -0.349 e. The number of hydrogen-bond acceptors (Lipinski definition) is 3. The lowest BCUT2D eigenvalue weighted by Gasteiger charge is -2.32. The second kappa shape index (κ2) is 10.1. The molecule has 168 valence electrons. The Labute approximate surface area is 183 Å². The SMILES string of the molecule is Cc1nn(CC(C)C)c(C)c1CCC(=O)N1CCC(NC(=O)c2ccc(F)cc2)CC1. The van der Waals surface area contributed by atoms with E-state index >= 15 is 0 Å². The number of rotatable bonds is 7. The molecule has 1 aromatic carbocycles. The summed E-state index contributed by atoms with van der Waals surface area (Å²) >= 11 is 0. The topological polar surface area (TPSA) is 67.2 Å². The van der Waals surface area contributed by atoms with Crippen LogP contribution >= 0.6 is 0 Å². The Morgan fingerprint density at radius 2 is 1.81 bits per heavy atom. The third-order valence-corrected chi connectivity index (χ3v) is 5.95. The van der Waals surface area contributed by atoms with Crippen molar-refractivity contribution in [1.82, 2.24) is 20.0 Å². The van der Waals surface area contributed by atoms with Crippen LogP contribution in [0.5, 0.6) is 0 Å². The number of nitrogens with zero attached hydrogens (tertiary/aromatic N) is 3. The molecule has 0 atom stereocenters. The molecule has 0 aliphatic carbocycles. The van der Waals surface area contributed by atoms with E-state index in [1.54, 1.807) is 0 Å². The Morgan fingerprint density at radius 1 is 1.16 bits per heavy atom. The molecule has 1 fully saturated rings. The van der Waals surface area contributed by atoms with Gasteiger partial charge in [0.15, 0.2) is 0 Å². The summed E-state index contributed by atoms with van der Waals surface area (Å²) in [5, 5.41) is 7.63. The maximum absolute atomic E-state index is 13.0. The lowest BCUT2D eigenvalue weighted by molar-refractivity contribution is -0.132. The molecule has 7 heteroatoms. The number of halogens is 1. The molecule has 1 aliphatic heterocycles. The molecule has 2 aromatic rings. The van der Waals surface area contributed by atoms with Gasteiger partial charge in [-0.3, -0.25) is 14.3 Å². The maximum atomic E-state index is 13.0. The fourth-order valence-electron chi connectivity index (χ4n) is 4.15. The van der Waals surface area contributed by atoms with Gasteiger partial charge in [-0.1, -0.05) is 13.8 Å². The van der Waals surface area contributed by atoms with Crippen LogP contribution in [0.1, 0.15) is 60.4 Å². The summed E-state index contributed by atoms with van der Waals surface area (Å²) < 4.78 is 15.1. The molecule has 0 unspecified atom stereocenters. The number of carbonyl (C=O) groups is 2. The molecule has 1 saturated heterocycles. The lowest BCUT2D eigenvalue weighted by Crippen LogP contribution is -2.46. The smallest absolute Gasteiger partial charge is 0.251 e. The van der Waals surface area contributed by atoms with E-state index in [1.807, 2.05) is 11.8 Å². The van der Waals surface area contributed by atoms with E-state index in [1.165, 1.54) is 29.8 Å². The number of aryl methyl sites for hydroxylation is 1. The van der Waals surface area contributed by atoms with Crippen LogP contribution in [0, 0.1) is 25.6 Å². The molecule has 0 saturated carbocycles. The predicted molar refractivity (Wildman–Crippen MR) is 118 cm³/mol. The van der Waals surface area contributed by atoms with Gasteiger partial charge < -0.3 is 10.2 Å². The second-order valence-corrected chi connectivity index (χ2v) is 8.86. The van der Waals surface area contributed by atoms with Gasteiger partial charge in [0.2, 0.25) is 5.91 Å². The van der Waals surface area contributed by atoms with Gasteiger partial charge >= 0.3 is 0 Å². The second-order valence-electron chi connectivity index (χ2n) is 8.86. The number of nitrogens with one attached hydrogen (secondary N) is 1. The third kappa shape index (κ3) is 5.93. The highest BCUT2D eigenvalue weighted by Gasteiger charge is 2.24. The van der Waals surface area contributed by atoms with Crippen LogP contribution in [0.2, 0.25) is 0 Å². The summed E-state index contributed by atoms with van der Waals surface area (Å²) in [6.45, 7) is 10.6. The molecule has 2 amide bonds. The zero-order chi connectivity index (χ0) is 22.5. The molecule has 2 heterocycles. The summed E-state index contributed by atoms with van der Waals surface area (Å²) in [6.07, 6.45) is 2.63. The van der Waals surface area contributed by atoms with E-state index in [4.69, 9.17) is 0 Å². The molecule has 0 bridgehead atoms. The molecular weight excluding hydrogens is 395 g/mol. The summed E-state index contributed by atoms with van der Waals surface area (Å²) in [7, 11) is 0. The molecule has 6 nitrogen and oxygen atoms in total.